The Hall–Kier alpha value is -0.760. The van der Waals surface area contributed by atoms with Crippen molar-refractivity contribution in [3.05, 3.63) is 5.82 Å². The number of aryl methyl sites for hydroxylation is 1. The first kappa shape index (κ1) is 16.6. The molecule has 6 nitrogen and oxygen atoms in total. The zero-order valence-corrected chi connectivity index (χ0v) is 14.2. The van der Waals surface area contributed by atoms with E-state index < -0.39 is 6.10 Å². The molecule has 0 aliphatic carbocycles. The molecule has 0 amide bonds. The highest BCUT2D eigenvalue weighted by molar-refractivity contribution is 7.09. The Balaban J connectivity index is 1.71. The first-order valence-electron chi connectivity index (χ1n) is 7.43. The molecule has 1 aromatic heterocycles. The van der Waals surface area contributed by atoms with E-state index in [1.165, 1.54) is 11.5 Å². The lowest BCUT2D eigenvalue weighted by Crippen LogP contribution is -2.49. The molecule has 1 aliphatic heterocycles. The van der Waals surface area contributed by atoms with Crippen LogP contribution in [-0.2, 0) is 4.74 Å². The number of ether oxygens (including phenoxy) is 1. The fourth-order valence-electron chi connectivity index (χ4n) is 2.23. The van der Waals surface area contributed by atoms with Crippen LogP contribution in [0.3, 0.4) is 0 Å². The van der Waals surface area contributed by atoms with Crippen LogP contribution in [0.25, 0.3) is 0 Å². The molecular weight excluding hydrogens is 288 g/mol. The van der Waals surface area contributed by atoms with Gasteiger partial charge in [0.25, 0.3) is 0 Å². The molecule has 0 aromatic carbocycles. The summed E-state index contributed by atoms with van der Waals surface area (Å²) in [5, 5.41) is 11.1. The first-order valence-corrected chi connectivity index (χ1v) is 8.20. The van der Waals surface area contributed by atoms with Crippen molar-refractivity contribution in [2.45, 2.75) is 39.4 Å². The SMILES string of the molecule is Cc1nsc(N2CCN(CC(O)COC(C)(C)C)CC2)n1. The summed E-state index contributed by atoms with van der Waals surface area (Å²) in [5.41, 5.74) is -0.199. The van der Waals surface area contributed by atoms with Gasteiger partial charge in [0.2, 0.25) is 5.13 Å². The molecule has 2 rings (SSSR count). The van der Waals surface area contributed by atoms with Crippen LogP contribution in [0, 0.1) is 6.92 Å². The van der Waals surface area contributed by atoms with Crippen molar-refractivity contribution < 1.29 is 9.84 Å². The van der Waals surface area contributed by atoms with Gasteiger partial charge in [-0.15, -0.1) is 0 Å². The van der Waals surface area contributed by atoms with E-state index >= 15 is 0 Å². The number of nitrogens with zero attached hydrogens (tertiary/aromatic N) is 4. The third kappa shape index (κ3) is 5.50. The Kier molecular flexibility index (Phi) is 5.54. The Morgan fingerprint density at radius 1 is 1.29 bits per heavy atom. The molecule has 1 saturated heterocycles. The highest BCUT2D eigenvalue weighted by Crippen LogP contribution is 2.18. The Labute approximate surface area is 130 Å². The molecule has 1 fully saturated rings. The summed E-state index contributed by atoms with van der Waals surface area (Å²) in [7, 11) is 0. The minimum absolute atomic E-state index is 0.199. The summed E-state index contributed by atoms with van der Waals surface area (Å²) >= 11 is 1.46. The molecule has 1 aliphatic rings. The van der Waals surface area contributed by atoms with E-state index in [1.54, 1.807) is 0 Å². The maximum absolute atomic E-state index is 10.1. The molecule has 1 atom stereocenters. The summed E-state index contributed by atoms with van der Waals surface area (Å²) in [6.07, 6.45) is -0.431. The lowest BCUT2D eigenvalue weighted by Gasteiger charge is -2.35. The normalized spacial score (nSPS) is 19.0. The van der Waals surface area contributed by atoms with Gasteiger partial charge in [-0.2, -0.15) is 4.37 Å². The number of hydrogen-bond donors (Lipinski definition) is 1. The van der Waals surface area contributed by atoms with Gasteiger partial charge in [-0.25, -0.2) is 4.98 Å². The fraction of sp³-hybridized carbons (Fsp3) is 0.857. The Bertz CT molecular complexity index is 438. The molecule has 0 saturated carbocycles. The first-order chi connectivity index (χ1) is 9.83. The zero-order chi connectivity index (χ0) is 15.5. The van der Waals surface area contributed by atoms with Crippen LogP contribution < -0.4 is 4.90 Å². The second-order valence-electron chi connectivity index (χ2n) is 6.49. The molecule has 21 heavy (non-hydrogen) atoms. The molecule has 0 spiro atoms. The number of hydrogen-bond acceptors (Lipinski definition) is 7. The van der Waals surface area contributed by atoms with Crippen molar-refractivity contribution in [3.63, 3.8) is 0 Å². The van der Waals surface area contributed by atoms with E-state index in [2.05, 4.69) is 19.2 Å². The summed E-state index contributed by atoms with van der Waals surface area (Å²) in [6, 6.07) is 0. The highest BCUT2D eigenvalue weighted by Gasteiger charge is 2.22. The number of piperazine rings is 1. The van der Waals surface area contributed by atoms with Gasteiger partial charge in [0.1, 0.15) is 5.82 Å². The topological polar surface area (TPSA) is 61.7 Å². The average Bonchev–Trinajstić information content (AvgIpc) is 2.83. The standard InChI is InChI=1S/C14H26N4O2S/c1-11-15-13(21-16-11)18-7-5-17(6-8-18)9-12(19)10-20-14(2,3)4/h12,19H,5-10H2,1-4H3. The quantitative estimate of drug-likeness (QED) is 0.879. The Morgan fingerprint density at radius 2 is 1.95 bits per heavy atom. The summed E-state index contributed by atoms with van der Waals surface area (Å²) in [5.74, 6) is 0.840. The van der Waals surface area contributed by atoms with Gasteiger partial charge in [0.05, 0.1) is 18.3 Å². The average molecular weight is 314 g/mol. The minimum Gasteiger partial charge on any atom is -0.389 e. The van der Waals surface area contributed by atoms with Crippen molar-refractivity contribution in [1.29, 1.82) is 0 Å². The van der Waals surface area contributed by atoms with Gasteiger partial charge >= 0.3 is 0 Å². The van der Waals surface area contributed by atoms with Crippen LogP contribution in [-0.4, -0.2) is 70.4 Å². The van der Waals surface area contributed by atoms with E-state index in [0.29, 0.717) is 13.2 Å². The summed E-state index contributed by atoms with van der Waals surface area (Å²) < 4.78 is 9.85. The van der Waals surface area contributed by atoms with E-state index in [0.717, 1.165) is 37.1 Å². The monoisotopic (exact) mass is 314 g/mol. The number of aromatic nitrogens is 2. The maximum atomic E-state index is 10.1. The molecule has 1 unspecified atom stereocenters. The summed E-state index contributed by atoms with van der Waals surface area (Å²) in [4.78, 5) is 8.96. The zero-order valence-electron chi connectivity index (χ0n) is 13.4. The molecule has 1 N–H and O–H groups in total. The van der Waals surface area contributed by atoms with Crippen molar-refractivity contribution >= 4 is 16.7 Å². The van der Waals surface area contributed by atoms with E-state index in [1.807, 2.05) is 27.7 Å². The molecular formula is C14H26N4O2S. The predicted molar refractivity (Wildman–Crippen MR) is 85.0 cm³/mol. The maximum Gasteiger partial charge on any atom is 0.205 e. The summed E-state index contributed by atoms with van der Waals surface area (Å²) in [6.45, 7) is 12.7. The minimum atomic E-state index is -0.431. The lowest BCUT2D eigenvalue weighted by molar-refractivity contribution is -0.0563. The number of β-amino-alcohol motifs (C(OH)–C–C–N with tert-alkyl or cyclic N) is 1. The largest absolute Gasteiger partial charge is 0.389 e. The van der Waals surface area contributed by atoms with Gasteiger partial charge in [-0.1, -0.05) is 0 Å². The van der Waals surface area contributed by atoms with Crippen molar-refractivity contribution in [2.75, 3.05) is 44.2 Å². The van der Waals surface area contributed by atoms with Gasteiger partial charge < -0.3 is 14.7 Å². The Morgan fingerprint density at radius 3 is 2.48 bits per heavy atom. The number of aliphatic hydroxyl groups excluding tert-OH is 1. The van der Waals surface area contributed by atoms with Crippen LogP contribution in [0.1, 0.15) is 26.6 Å². The van der Waals surface area contributed by atoms with Crippen LogP contribution in [0.4, 0.5) is 5.13 Å². The molecule has 2 heterocycles. The van der Waals surface area contributed by atoms with Crippen molar-refractivity contribution in [2.24, 2.45) is 0 Å². The third-order valence-corrected chi connectivity index (χ3v) is 4.21. The van der Waals surface area contributed by atoms with E-state index in [-0.39, 0.29) is 5.60 Å². The smallest absolute Gasteiger partial charge is 0.205 e. The van der Waals surface area contributed by atoms with Crippen molar-refractivity contribution in [1.82, 2.24) is 14.3 Å². The number of anilines is 1. The van der Waals surface area contributed by atoms with Gasteiger partial charge in [-0.3, -0.25) is 4.90 Å². The highest BCUT2D eigenvalue weighted by atomic mass is 32.1. The van der Waals surface area contributed by atoms with E-state index in [9.17, 15) is 5.11 Å². The number of aliphatic hydroxyl groups is 1. The molecule has 7 heteroatoms. The molecule has 0 radical (unpaired) electrons. The predicted octanol–water partition coefficient (Wildman–Crippen LogP) is 1.14. The lowest BCUT2D eigenvalue weighted by atomic mass is 10.2. The number of rotatable bonds is 5. The second kappa shape index (κ2) is 7.00. The molecule has 120 valence electrons. The third-order valence-electron chi connectivity index (χ3n) is 3.34. The van der Waals surface area contributed by atoms with Gasteiger partial charge in [-0.05, 0) is 27.7 Å². The molecule has 0 bridgehead atoms. The van der Waals surface area contributed by atoms with Crippen LogP contribution >= 0.6 is 11.5 Å². The van der Waals surface area contributed by atoms with Crippen LogP contribution in [0.2, 0.25) is 0 Å². The van der Waals surface area contributed by atoms with Gasteiger partial charge in [0, 0.05) is 44.3 Å². The van der Waals surface area contributed by atoms with E-state index in [4.69, 9.17) is 4.74 Å². The van der Waals surface area contributed by atoms with Crippen LogP contribution in [0.15, 0.2) is 0 Å². The fourth-order valence-corrected chi connectivity index (χ4v) is 2.96. The second-order valence-corrected chi connectivity index (χ2v) is 7.22. The van der Waals surface area contributed by atoms with Gasteiger partial charge in [0.15, 0.2) is 0 Å². The molecule has 1 aromatic rings. The van der Waals surface area contributed by atoms with Crippen LogP contribution in [0.5, 0.6) is 0 Å². The van der Waals surface area contributed by atoms with Crippen molar-refractivity contribution in [3.8, 4) is 0 Å².